The minimum Gasteiger partial charge on any atom is -0.463 e. The van der Waals surface area contributed by atoms with Crippen molar-refractivity contribution in [2.75, 3.05) is 6.61 Å². The molecule has 10 nitrogen and oxygen atoms in total. The SMILES string of the molecule is CCOC(=O)C1=C(C)N[C@H](c2cccc([N+](=O)[O-])c2)N[C@@H]1c1cccc([N+](=O)[O-])c1. The van der Waals surface area contributed by atoms with E-state index in [1.165, 1.54) is 30.3 Å². The second kappa shape index (κ2) is 8.70. The molecule has 2 aromatic rings. The number of rotatable bonds is 6. The van der Waals surface area contributed by atoms with Gasteiger partial charge >= 0.3 is 5.97 Å². The largest absolute Gasteiger partial charge is 0.463 e. The average molecular weight is 412 g/mol. The summed E-state index contributed by atoms with van der Waals surface area (Å²) in [7, 11) is 0. The first-order valence-corrected chi connectivity index (χ1v) is 9.21. The molecule has 3 rings (SSSR count). The molecule has 0 bridgehead atoms. The molecule has 2 aromatic carbocycles. The van der Waals surface area contributed by atoms with E-state index in [0.717, 1.165) is 0 Å². The molecule has 2 atom stereocenters. The molecule has 30 heavy (non-hydrogen) atoms. The zero-order valence-electron chi connectivity index (χ0n) is 16.3. The van der Waals surface area contributed by atoms with Crippen molar-refractivity contribution in [2.24, 2.45) is 0 Å². The van der Waals surface area contributed by atoms with Gasteiger partial charge in [-0.2, -0.15) is 0 Å². The van der Waals surface area contributed by atoms with Gasteiger partial charge in [-0.05, 0) is 25.0 Å². The molecule has 1 aliphatic heterocycles. The number of non-ortho nitro benzene ring substituents is 2. The predicted octanol–water partition coefficient (Wildman–Crippen LogP) is 3.27. The van der Waals surface area contributed by atoms with Crippen LogP contribution in [0.15, 0.2) is 59.8 Å². The maximum absolute atomic E-state index is 12.6. The Morgan fingerprint density at radius 1 is 1.03 bits per heavy atom. The molecule has 0 saturated heterocycles. The highest BCUT2D eigenvalue weighted by atomic mass is 16.6. The molecular formula is C20H20N4O6. The van der Waals surface area contributed by atoms with Crippen LogP contribution in [-0.2, 0) is 9.53 Å². The van der Waals surface area contributed by atoms with Crippen LogP contribution in [0.1, 0.15) is 37.2 Å². The number of hydrogen-bond donors (Lipinski definition) is 2. The van der Waals surface area contributed by atoms with Crippen LogP contribution in [0.25, 0.3) is 0 Å². The molecule has 1 heterocycles. The van der Waals surface area contributed by atoms with Crippen LogP contribution in [0.3, 0.4) is 0 Å². The average Bonchev–Trinajstić information content (AvgIpc) is 2.73. The first-order valence-electron chi connectivity index (χ1n) is 9.21. The van der Waals surface area contributed by atoms with Gasteiger partial charge in [0.1, 0.15) is 6.17 Å². The normalized spacial score (nSPS) is 18.5. The smallest absolute Gasteiger partial charge is 0.337 e. The number of allylic oxidation sites excluding steroid dienone is 1. The van der Waals surface area contributed by atoms with Crippen molar-refractivity contribution in [3.05, 3.63) is 91.2 Å². The summed E-state index contributed by atoms with van der Waals surface area (Å²) < 4.78 is 5.17. The maximum atomic E-state index is 12.6. The fourth-order valence-corrected chi connectivity index (χ4v) is 3.36. The number of nitrogens with zero attached hydrogens (tertiary/aromatic N) is 2. The van der Waals surface area contributed by atoms with Crippen molar-refractivity contribution >= 4 is 17.3 Å². The van der Waals surface area contributed by atoms with Gasteiger partial charge in [0.05, 0.1) is 28.1 Å². The fourth-order valence-electron chi connectivity index (χ4n) is 3.36. The van der Waals surface area contributed by atoms with Gasteiger partial charge in [-0.25, -0.2) is 4.79 Å². The minimum atomic E-state index is -0.713. The number of nitro benzene ring substituents is 2. The molecule has 0 fully saturated rings. The van der Waals surface area contributed by atoms with Crippen molar-refractivity contribution < 1.29 is 19.4 Å². The first kappa shape index (κ1) is 20.9. The summed E-state index contributed by atoms with van der Waals surface area (Å²) in [6, 6.07) is 11.3. The van der Waals surface area contributed by atoms with Crippen molar-refractivity contribution in [3.63, 3.8) is 0 Å². The summed E-state index contributed by atoms with van der Waals surface area (Å²) in [6.45, 7) is 3.55. The molecule has 0 unspecified atom stereocenters. The third-order valence-electron chi connectivity index (χ3n) is 4.71. The fraction of sp³-hybridized carbons (Fsp3) is 0.250. The van der Waals surface area contributed by atoms with E-state index in [2.05, 4.69) is 10.6 Å². The number of carbonyl (C=O) groups is 1. The Labute approximate surface area is 171 Å². The van der Waals surface area contributed by atoms with Crippen molar-refractivity contribution in [1.29, 1.82) is 0 Å². The quantitative estimate of drug-likeness (QED) is 0.419. The van der Waals surface area contributed by atoms with Gasteiger partial charge in [0, 0.05) is 30.0 Å². The van der Waals surface area contributed by atoms with Gasteiger partial charge in [-0.3, -0.25) is 25.5 Å². The van der Waals surface area contributed by atoms with E-state index in [1.54, 1.807) is 32.0 Å². The summed E-state index contributed by atoms with van der Waals surface area (Å²) in [4.78, 5) is 34.0. The lowest BCUT2D eigenvalue weighted by Crippen LogP contribution is -2.44. The molecule has 0 radical (unpaired) electrons. The Morgan fingerprint density at radius 3 is 2.17 bits per heavy atom. The van der Waals surface area contributed by atoms with Crippen LogP contribution in [-0.4, -0.2) is 22.4 Å². The van der Waals surface area contributed by atoms with Gasteiger partial charge in [0.2, 0.25) is 0 Å². The van der Waals surface area contributed by atoms with Gasteiger partial charge in [-0.15, -0.1) is 0 Å². The lowest BCUT2D eigenvalue weighted by atomic mass is 9.93. The number of nitro groups is 2. The third kappa shape index (κ3) is 4.28. The summed E-state index contributed by atoms with van der Waals surface area (Å²) in [5.41, 5.74) is 1.71. The molecular weight excluding hydrogens is 392 g/mol. The molecule has 0 saturated carbocycles. The van der Waals surface area contributed by atoms with Crippen LogP contribution in [0.2, 0.25) is 0 Å². The number of carbonyl (C=O) groups excluding carboxylic acids is 1. The van der Waals surface area contributed by atoms with Gasteiger partial charge < -0.3 is 10.1 Å². The molecule has 156 valence electrons. The number of ether oxygens (including phenoxy) is 1. The Bertz CT molecular complexity index is 1040. The Kier molecular flexibility index (Phi) is 6.07. The van der Waals surface area contributed by atoms with Crippen LogP contribution < -0.4 is 10.6 Å². The highest BCUT2D eigenvalue weighted by Crippen LogP contribution is 2.34. The highest BCUT2D eigenvalue weighted by Gasteiger charge is 2.34. The number of benzene rings is 2. The van der Waals surface area contributed by atoms with Crippen LogP contribution >= 0.6 is 0 Å². The Balaban J connectivity index is 2.06. The van der Waals surface area contributed by atoms with E-state index in [1.807, 2.05) is 0 Å². The molecule has 2 N–H and O–H groups in total. The van der Waals surface area contributed by atoms with E-state index < -0.39 is 28.0 Å². The van der Waals surface area contributed by atoms with E-state index in [9.17, 15) is 25.0 Å². The highest BCUT2D eigenvalue weighted by molar-refractivity contribution is 5.91. The van der Waals surface area contributed by atoms with Crippen LogP contribution in [0, 0.1) is 20.2 Å². The van der Waals surface area contributed by atoms with Gasteiger partial charge in [-0.1, -0.05) is 24.3 Å². The molecule has 0 amide bonds. The number of nitrogens with one attached hydrogen (secondary N) is 2. The van der Waals surface area contributed by atoms with E-state index in [-0.39, 0.29) is 18.0 Å². The standard InChI is InChI=1S/C20H20N4O6/c1-3-30-20(25)17-12(2)21-19(14-7-5-9-16(11-14)24(28)29)22-18(17)13-6-4-8-15(10-13)23(26)27/h4-11,18-19,21-22H,3H2,1-2H3/t18-,19+/m1/s1. The van der Waals surface area contributed by atoms with E-state index >= 15 is 0 Å². The van der Waals surface area contributed by atoms with E-state index in [0.29, 0.717) is 22.4 Å². The molecule has 1 aliphatic rings. The third-order valence-corrected chi connectivity index (χ3v) is 4.71. The molecule has 0 aromatic heterocycles. The zero-order valence-corrected chi connectivity index (χ0v) is 16.3. The second-order valence-electron chi connectivity index (χ2n) is 6.64. The molecule has 10 heteroatoms. The topological polar surface area (TPSA) is 137 Å². The lowest BCUT2D eigenvalue weighted by Gasteiger charge is -2.35. The van der Waals surface area contributed by atoms with E-state index in [4.69, 9.17) is 4.74 Å². The van der Waals surface area contributed by atoms with Crippen molar-refractivity contribution in [3.8, 4) is 0 Å². The predicted molar refractivity (Wildman–Crippen MR) is 107 cm³/mol. The molecule has 0 aliphatic carbocycles. The van der Waals surface area contributed by atoms with Crippen LogP contribution in [0.5, 0.6) is 0 Å². The lowest BCUT2D eigenvalue weighted by molar-refractivity contribution is -0.385. The minimum absolute atomic E-state index is 0.0687. The van der Waals surface area contributed by atoms with Crippen molar-refractivity contribution in [1.82, 2.24) is 10.6 Å². The Morgan fingerprint density at radius 2 is 1.60 bits per heavy atom. The first-order chi connectivity index (χ1) is 14.3. The summed E-state index contributed by atoms with van der Waals surface area (Å²) in [5, 5.41) is 28.7. The Hall–Kier alpha value is -3.79. The van der Waals surface area contributed by atoms with Crippen LogP contribution in [0.4, 0.5) is 11.4 Å². The number of hydrogen-bond acceptors (Lipinski definition) is 8. The summed E-state index contributed by atoms with van der Waals surface area (Å²) in [6.07, 6.45) is -0.563. The van der Waals surface area contributed by atoms with Gasteiger partial charge in [0.25, 0.3) is 11.4 Å². The summed E-state index contributed by atoms with van der Waals surface area (Å²) >= 11 is 0. The zero-order chi connectivity index (χ0) is 21.8. The maximum Gasteiger partial charge on any atom is 0.337 e. The second-order valence-corrected chi connectivity index (χ2v) is 6.64. The van der Waals surface area contributed by atoms with Crippen molar-refractivity contribution in [2.45, 2.75) is 26.1 Å². The molecule has 0 spiro atoms. The van der Waals surface area contributed by atoms with Gasteiger partial charge in [0.15, 0.2) is 0 Å². The summed E-state index contributed by atoms with van der Waals surface area (Å²) in [5.74, 6) is -0.552. The monoisotopic (exact) mass is 412 g/mol. The number of esters is 1.